The number of hydrogen-bond donors (Lipinski definition) is 3. The molecule has 3 N–H and O–H groups in total. The van der Waals surface area contributed by atoms with Gasteiger partial charge < -0.3 is 15.5 Å². The number of rotatable bonds is 5. The third-order valence-electron chi connectivity index (χ3n) is 9.29. The molecule has 0 unspecified atom stereocenters. The molecule has 0 saturated heterocycles. The van der Waals surface area contributed by atoms with E-state index in [0.29, 0.717) is 30.6 Å². The molecule has 0 radical (unpaired) electrons. The van der Waals surface area contributed by atoms with Crippen LogP contribution in [0.15, 0.2) is 11.6 Å². The van der Waals surface area contributed by atoms with Gasteiger partial charge in [-0.15, -0.1) is 0 Å². The number of carbonyl (C=O) groups excluding carboxylic acids is 2. The Morgan fingerprint density at radius 2 is 1.88 bits per heavy atom. The van der Waals surface area contributed by atoms with Gasteiger partial charge in [-0.1, -0.05) is 43.4 Å². The molecule has 4 aliphatic carbocycles. The van der Waals surface area contributed by atoms with Crippen LogP contribution in [-0.4, -0.2) is 50.0 Å². The van der Waals surface area contributed by atoms with Gasteiger partial charge in [0.2, 0.25) is 0 Å². The van der Waals surface area contributed by atoms with Crippen LogP contribution < -0.4 is 5.32 Å². The van der Waals surface area contributed by atoms with Crippen LogP contribution in [0.5, 0.6) is 0 Å². The molecular weight excluding hydrogens is 446 g/mol. The van der Waals surface area contributed by atoms with E-state index < -0.39 is 17.0 Å². The second-order valence-electron chi connectivity index (χ2n) is 10.6. The third kappa shape index (κ3) is 3.76. The summed E-state index contributed by atoms with van der Waals surface area (Å²) in [6, 6.07) is 0. The fraction of sp³-hybridized carbons (Fsp3) is 0.750. The Balaban J connectivity index is 1.48. The Kier molecular flexibility index (Phi) is 6.36. The number of thiocarbonyl (C=S) groups is 1. The number of carboxylic acids is 1. The van der Waals surface area contributed by atoms with Crippen molar-refractivity contribution in [2.24, 2.45) is 28.6 Å². The number of carboxylic acid groups (broad SMARTS) is 1. The fourth-order valence-corrected chi connectivity index (χ4v) is 8.41. The summed E-state index contributed by atoms with van der Waals surface area (Å²) >= 11 is 6.22. The highest BCUT2D eigenvalue weighted by Gasteiger charge is 2.66. The predicted molar refractivity (Wildman–Crippen MR) is 127 cm³/mol. The summed E-state index contributed by atoms with van der Waals surface area (Å²) in [6.45, 7) is 4.15. The summed E-state index contributed by atoms with van der Waals surface area (Å²) in [4.78, 5) is 35.9. The van der Waals surface area contributed by atoms with E-state index in [4.69, 9.17) is 17.3 Å². The molecule has 0 spiro atoms. The number of hydrogen-bond acceptors (Lipinski definition) is 6. The first kappa shape index (κ1) is 23.9. The average Bonchev–Trinajstić information content (AvgIpc) is 3.03. The molecule has 4 rings (SSSR count). The molecule has 0 bridgehead atoms. The molecule has 176 valence electrons. The number of ketones is 2. The molecule has 0 aromatic rings. The van der Waals surface area contributed by atoms with Crippen molar-refractivity contribution in [2.45, 2.75) is 70.8 Å². The van der Waals surface area contributed by atoms with Crippen molar-refractivity contribution < 1.29 is 24.6 Å². The minimum Gasteiger partial charge on any atom is -0.480 e. The summed E-state index contributed by atoms with van der Waals surface area (Å²) in [5.41, 5.74) is -0.427. The minimum atomic E-state index is -1.36. The quantitative estimate of drug-likeness (QED) is 0.515. The highest BCUT2D eigenvalue weighted by atomic mass is 32.2. The summed E-state index contributed by atoms with van der Waals surface area (Å²) < 4.78 is 0.263. The van der Waals surface area contributed by atoms with Crippen molar-refractivity contribution in [1.82, 2.24) is 5.32 Å². The van der Waals surface area contributed by atoms with Gasteiger partial charge >= 0.3 is 5.97 Å². The van der Waals surface area contributed by atoms with Crippen LogP contribution in [0.4, 0.5) is 0 Å². The zero-order chi connectivity index (χ0) is 23.3. The van der Waals surface area contributed by atoms with Gasteiger partial charge in [0.05, 0.1) is 5.75 Å². The maximum absolute atomic E-state index is 13.2. The third-order valence-corrected chi connectivity index (χ3v) is 10.6. The van der Waals surface area contributed by atoms with E-state index >= 15 is 0 Å². The van der Waals surface area contributed by atoms with Gasteiger partial charge in [-0.3, -0.25) is 14.4 Å². The van der Waals surface area contributed by atoms with Crippen LogP contribution in [0.25, 0.3) is 0 Å². The monoisotopic (exact) mass is 479 g/mol. The topological polar surface area (TPSA) is 104 Å². The van der Waals surface area contributed by atoms with Crippen LogP contribution in [0.1, 0.15) is 65.2 Å². The lowest BCUT2D eigenvalue weighted by Crippen LogP contribution is -2.58. The Bertz CT molecular complexity index is 888. The Hall–Kier alpha value is -1.25. The first-order valence-corrected chi connectivity index (χ1v) is 13.0. The Morgan fingerprint density at radius 1 is 1.16 bits per heavy atom. The van der Waals surface area contributed by atoms with Gasteiger partial charge in [0, 0.05) is 11.8 Å². The van der Waals surface area contributed by atoms with Gasteiger partial charge in [0.1, 0.15) is 16.5 Å². The molecule has 0 aromatic carbocycles. The summed E-state index contributed by atoms with van der Waals surface area (Å²) in [5.74, 6) is 0.369. The molecule has 0 heterocycles. The number of nitrogens with one attached hydrogen (secondary N) is 1. The fourth-order valence-electron chi connectivity index (χ4n) is 7.48. The SMILES string of the molecule is C[C@]12CCC(=O)C=C1CC[C@H]1[C@H]2CC[C@@]2(C)[C@H]1CC[C@]2(O)C(=O)CSC(=S)NCC(=O)O. The zero-order valence-electron chi connectivity index (χ0n) is 18.8. The van der Waals surface area contributed by atoms with Crippen LogP contribution in [0, 0.1) is 28.6 Å². The van der Waals surface area contributed by atoms with E-state index in [1.54, 1.807) is 0 Å². The number of aliphatic carboxylic acids is 1. The molecule has 0 aliphatic heterocycles. The number of allylic oxidation sites excluding steroid dienone is 1. The average molecular weight is 480 g/mol. The van der Waals surface area contributed by atoms with E-state index in [1.807, 2.05) is 6.08 Å². The van der Waals surface area contributed by atoms with Crippen LogP contribution in [0.3, 0.4) is 0 Å². The smallest absolute Gasteiger partial charge is 0.322 e. The molecule has 32 heavy (non-hydrogen) atoms. The van der Waals surface area contributed by atoms with Gasteiger partial charge in [0.25, 0.3) is 0 Å². The molecule has 3 fully saturated rings. The Labute approximate surface area is 199 Å². The van der Waals surface area contributed by atoms with Crippen molar-refractivity contribution >= 4 is 45.8 Å². The largest absolute Gasteiger partial charge is 0.480 e. The molecule has 0 amide bonds. The van der Waals surface area contributed by atoms with E-state index in [0.717, 1.165) is 50.3 Å². The molecular formula is C24H33NO5S2. The molecule has 3 saturated carbocycles. The number of Topliss-reactive ketones (excluding diaryl/α,β-unsaturated/α-hetero) is 1. The van der Waals surface area contributed by atoms with Crippen LogP contribution >= 0.6 is 24.0 Å². The predicted octanol–water partition coefficient (Wildman–Crippen LogP) is 3.51. The lowest BCUT2D eigenvalue weighted by atomic mass is 9.46. The Morgan fingerprint density at radius 3 is 2.59 bits per heavy atom. The lowest BCUT2D eigenvalue weighted by Gasteiger charge is -2.58. The van der Waals surface area contributed by atoms with Crippen molar-refractivity contribution in [2.75, 3.05) is 12.3 Å². The van der Waals surface area contributed by atoms with Gasteiger partial charge in [0.15, 0.2) is 11.6 Å². The maximum atomic E-state index is 13.2. The molecule has 6 nitrogen and oxygen atoms in total. The van der Waals surface area contributed by atoms with E-state index in [2.05, 4.69) is 19.2 Å². The zero-order valence-corrected chi connectivity index (χ0v) is 20.4. The highest BCUT2D eigenvalue weighted by molar-refractivity contribution is 8.23. The molecule has 6 atom stereocenters. The second kappa shape index (κ2) is 8.51. The van der Waals surface area contributed by atoms with Crippen molar-refractivity contribution in [3.63, 3.8) is 0 Å². The first-order chi connectivity index (χ1) is 15.0. The molecule has 4 aliphatic rings. The maximum Gasteiger partial charge on any atom is 0.322 e. The summed E-state index contributed by atoms with van der Waals surface area (Å²) in [5, 5.41) is 23.1. The number of fused-ring (bicyclic) bond motifs is 5. The van der Waals surface area contributed by atoms with E-state index in [9.17, 15) is 19.5 Å². The van der Waals surface area contributed by atoms with Crippen LogP contribution in [-0.2, 0) is 14.4 Å². The normalized spacial score (nSPS) is 40.5. The van der Waals surface area contributed by atoms with Crippen LogP contribution in [0.2, 0.25) is 0 Å². The minimum absolute atomic E-state index is 0.0467. The molecule has 0 aromatic heterocycles. The standard InChI is InChI=1S/C24H33NO5S2/c1-22-8-5-15(26)11-14(22)3-4-16-17(22)6-9-23(2)18(16)7-10-24(23,30)19(27)13-32-21(31)25-12-20(28)29/h11,16-18,30H,3-10,12-13H2,1-2H3,(H,25,31)(H,28,29)/t16-,17+,18-,22-,23-,24-/m0/s1. The van der Waals surface area contributed by atoms with Gasteiger partial charge in [-0.05, 0) is 74.2 Å². The summed E-state index contributed by atoms with van der Waals surface area (Å²) in [6.07, 6.45) is 8.53. The molecule has 8 heteroatoms. The highest BCUT2D eigenvalue weighted by Crippen LogP contribution is 2.67. The van der Waals surface area contributed by atoms with Crippen molar-refractivity contribution in [1.29, 1.82) is 0 Å². The van der Waals surface area contributed by atoms with Gasteiger partial charge in [-0.25, -0.2) is 0 Å². The number of thioether (sulfide) groups is 1. The second-order valence-corrected chi connectivity index (χ2v) is 12.2. The number of carbonyl (C=O) groups is 3. The van der Waals surface area contributed by atoms with Crippen molar-refractivity contribution in [3.05, 3.63) is 11.6 Å². The first-order valence-electron chi connectivity index (χ1n) is 11.6. The lowest BCUT2D eigenvalue weighted by molar-refractivity contribution is -0.159. The number of aliphatic hydroxyl groups is 1. The van der Waals surface area contributed by atoms with Crippen molar-refractivity contribution in [3.8, 4) is 0 Å². The summed E-state index contributed by atoms with van der Waals surface area (Å²) in [7, 11) is 0. The van der Waals surface area contributed by atoms with E-state index in [-0.39, 0.29) is 33.6 Å². The van der Waals surface area contributed by atoms with Gasteiger partial charge in [-0.2, -0.15) is 0 Å². The van der Waals surface area contributed by atoms with E-state index in [1.165, 1.54) is 5.57 Å².